The Kier molecular flexibility index (Phi) is 3.23. The highest BCUT2D eigenvalue weighted by molar-refractivity contribution is 5.31. The van der Waals surface area contributed by atoms with Gasteiger partial charge in [0.05, 0.1) is 6.10 Å². The lowest BCUT2D eigenvalue weighted by atomic mass is 9.95. The van der Waals surface area contributed by atoms with Gasteiger partial charge in [0.15, 0.2) is 0 Å². The van der Waals surface area contributed by atoms with Crippen molar-refractivity contribution in [2.45, 2.75) is 65.0 Å². The Morgan fingerprint density at radius 2 is 2.17 bits per heavy atom. The van der Waals surface area contributed by atoms with Crippen molar-refractivity contribution in [2.24, 2.45) is 11.8 Å². The molecule has 0 bridgehead atoms. The molecule has 0 saturated heterocycles. The zero-order valence-electron chi connectivity index (χ0n) is 11.7. The highest BCUT2D eigenvalue weighted by atomic mass is 16.3. The van der Waals surface area contributed by atoms with Crippen molar-refractivity contribution in [1.29, 1.82) is 0 Å². The maximum Gasteiger partial charge on any atom is 0.0807 e. The topological polar surface area (TPSA) is 25.2 Å². The largest absolute Gasteiger partial charge is 0.388 e. The Morgan fingerprint density at radius 1 is 1.33 bits per heavy atom. The molecule has 18 heavy (non-hydrogen) atoms. The lowest BCUT2D eigenvalue weighted by Gasteiger charge is -2.22. The summed E-state index contributed by atoms with van der Waals surface area (Å²) in [4.78, 5) is 0. The van der Waals surface area contributed by atoms with Gasteiger partial charge in [-0.05, 0) is 56.9 Å². The smallest absolute Gasteiger partial charge is 0.0807 e. The van der Waals surface area contributed by atoms with E-state index < -0.39 is 0 Å². The average molecular weight is 247 g/mol. The molecule has 0 radical (unpaired) electrons. The van der Waals surface area contributed by atoms with Crippen molar-refractivity contribution in [3.05, 3.63) is 23.0 Å². The number of aliphatic hydroxyl groups excluding tert-OH is 1. The number of aliphatic hydroxyl groups is 1. The highest BCUT2D eigenvalue weighted by Crippen LogP contribution is 2.36. The van der Waals surface area contributed by atoms with E-state index in [1.807, 2.05) is 0 Å². The van der Waals surface area contributed by atoms with Crippen molar-refractivity contribution in [1.82, 2.24) is 4.57 Å². The molecule has 1 heterocycles. The lowest BCUT2D eigenvalue weighted by Crippen LogP contribution is -2.16. The van der Waals surface area contributed by atoms with Crippen LogP contribution in [0.3, 0.4) is 0 Å². The second-order valence-electron chi connectivity index (χ2n) is 6.49. The quantitative estimate of drug-likeness (QED) is 0.848. The molecule has 0 amide bonds. The maximum atomic E-state index is 10.1. The molecule has 1 fully saturated rings. The van der Waals surface area contributed by atoms with E-state index in [9.17, 15) is 5.11 Å². The number of hydrogen-bond acceptors (Lipinski definition) is 1. The monoisotopic (exact) mass is 247 g/mol. The van der Waals surface area contributed by atoms with Gasteiger partial charge in [-0.15, -0.1) is 0 Å². The van der Waals surface area contributed by atoms with Gasteiger partial charge >= 0.3 is 0 Å². The van der Waals surface area contributed by atoms with Crippen LogP contribution in [0, 0.1) is 18.8 Å². The summed E-state index contributed by atoms with van der Waals surface area (Å²) in [6.07, 6.45) is 7.19. The minimum atomic E-state index is -0.212. The molecule has 2 nitrogen and oxygen atoms in total. The normalized spacial score (nSPS) is 31.6. The molecule has 2 aliphatic carbocycles. The van der Waals surface area contributed by atoms with Crippen molar-refractivity contribution in [3.8, 4) is 0 Å². The minimum Gasteiger partial charge on any atom is -0.388 e. The van der Waals surface area contributed by atoms with Gasteiger partial charge in [-0.25, -0.2) is 0 Å². The Labute approximate surface area is 110 Å². The number of aryl methyl sites for hydroxylation is 1. The molecule has 2 heteroatoms. The molecule has 0 aliphatic heterocycles. The van der Waals surface area contributed by atoms with Gasteiger partial charge in [0.1, 0.15) is 0 Å². The third-order valence-electron chi connectivity index (χ3n) is 4.94. The average Bonchev–Trinajstić information content (AvgIpc) is 2.87. The van der Waals surface area contributed by atoms with Crippen LogP contribution in [0.1, 0.15) is 62.1 Å². The fourth-order valence-electron chi connectivity index (χ4n) is 3.94. The zero-order valence-corrected chi connectivity index (χ0v) is 11.7. The predicted octanol–water partition coefficient (Wildman–Crippen LogP) is 3.60. The maximum absolute atomic E-state index is 10.1. The highest BCUT2D eigenvalue weighted by Gasteiger charge is 2.26. The molecule has 1 aromatic heterocycles. The summed E-state index contributed by atoms with van der Waals surface area (Å²) in [5.74, 6) is 1.77. The van der Waals surface area contributed by atoms with E-state index in [0.717, 1.165) is 31.1 Å². The minimum absolute atomic E-state index is 0.212. The molecule has 1 aromatic rings. The van der Waals surface area contributed by atoms with Crippen LogP contribution in [0.5, 0.6) is 0 Å². The second kappa shape index (κ2) is 4.73. The van der Waals surface area contributed by atoms with E-state index in [4.69, 9.17) is 0 Å². The van der Waals surface area contributed by atoms with Crippen LogP contribution in [-0.2, 0) is 13.0 Å². The number of hydrogen-bond donors (Lipinski definition) is 1. The number of fused-ring (bicyclic) bond motifs is 1. The summed E-state index contributed by atoms with van der Waals surface area (Å²) >= 11 is 0. The first-order valence-corrected chi connectivity index (χ1v) is 7.52. The first-order valence-electron chi connectivity index (χ1n) is 7.52. The van der Waals surface area contributed by atoms with Crippen molar-refractivity contribution < 1.29 is 5.11 Å². The van der Waals surface area contributed by atoms with Crippen LogP contribution >= 0.6 is 0 Å². The Balaban J connectivity index is 1.83. The van der Waals surface area contributed by atoms with E-state index >= 15 is 0 Å². The van der Waals surface area contributed by atoms with Crippen LogP contribution in [-0.4, -0.2) is 9.67 Å². The summed E-state index contributed by atoms with van der Waals surface area (Å²) in [5.41, 5.74) is 3.98. The molecule has 3 atom stereocenters. The molecule has 0 aromatic carbocycles. The Hall–Kier alpha value is -0.760. The van der Waals surface area contributed by atoms with Gasteiger partial charge in [0.2, 0.25) is 0 Å². The van der Waals surface area contributed by atoms with Gasteiger partial charge in [-0.2, -0.15) is 0 Å². The third-order valence-corrected chi connectivity index (χ3v) is 4.94. The van der Waals surface area contributed by atoms with Crippen LogP contribution < -0.4 is 0 Å². The van der Waals surface area contributed by atoms with Crippen molar-refractivity contribution in [3.63, 3.8) is 0 Å². The summed E-state index contributed by atoms with van der Waals surface area (Å²) in [7, 11) is 0. The third kappa shape index (κ3) is 2.11. The van der Waals surface area contributed by atoms with Gasteiger partial charge < -0.3 is 9.67 Å². The number of aromatic nitrogens is 1. The lowest BCUT2D eigenvalue weighted by molar-refractivity contribution is 0.155. The predicted molar refractivity (Wildman–Crippen MR) is 73.6 cm³/mol. The van der Waals surface area contributed by atoms with Gasteiger partial charge in [-0.1, -0.05) is 13.3 Å². The first-order chi connectivity index (χ1) is 8.65. The molecule has 3 rings (SSSR count). The van der Waals surface area contributed by atoms with Gasteiger partial charge in [0, 0.05) is 23.5 Å². The first kappa shape index (κ1) is 12.3. The van der Waals surface area contributed by atoms with Gasteiger partial charge in [0.25, 0.3) is 0 Å². The molecule has 100 valence electrons. The molecule has 1 saturated carbocycles. The summed E-state index contributed by atoms with van der Waals surface area (Å²) < 4.78 is 2.50. The standard InChI is InChI=1S/C16H25NO/c1-11-6-7-13(8-11)10-17-12(2)9-14-15(17)4-3-5-16(14)18/h9,11,13,16,18H,3-8,10H2,1-2H3. The Morgan fingerprint density at radius 3 is 2.89 bits per heavy atom. The van der Waals surface area contributed by atoms with Crippen LogP contribution in [0.15, 0.2) is 6.07 Å². The Bertz CT molecular complexity index is 435. The number of rotatable bonds is 2. The van der Waals surface area contributed by atoms with Crippen LogP contribution in [0.2, 0.25) is 0 Å². The summed E-state index contributed by atoms with van der Waals surface area (Å²) in [6, 6.07) is 2.22. The fourth-order valence-corrected chi connectivity index (χ4v) is 3.94. The van der Waals surface area contributed by atoms with E-state index in [0.29, 0.717) is 0 Å². The van der Waals surface area contributed by atoms with Crippen LogP contribution in [0.4, 0.5) is 0 Å². The van der Waals surface area contributed by atoms with Crippen molar-refractivity contribution in [2.75, 3.05) is 0 Å². The summed E-state index contributed by atoms with van der Waals surface area (Å²) in [6.45, 7) is 5.75. The number of nitrogens with zero attached hydrogens (tertiary/aromatic N) is 1. The molecule has 2 aliphatic rings. The van der Waals surface area contributed by atoms with Crippen molar-refractivity contribution >= 4 is 0 Å². The molecule has 1 N–H and O–H groups in total. The SMILES string of the molecule is Cc1cc2c(n1CC1CCC(C)C1)CCCC2O. The fraction of sp³-hybridized carbons (Fsp3) is 0.750. The van der Waals surface area contributed by atoms with E-state index in [-0.39, 0.29) is 6.10 Å². The zero-order chi connectivity index (χ0) is 12.7. The van der Waals surface area contributed by atoms with E-state index in [1.165, 1.54) is 42.8 Å². The molecular weight excluding hydrogens is 222 g/mol. The molecular formula is C16H25NO. The second-order valence-corrected chi connectivity index (χ2v) is 6.49. The van der Waals surface area contributed by atoms with Gasteiger partial charge in [-0.3, -0.25) is 0 Å². The van der Waals surface area contributed by atoms with E-state index in [2.05, 4.69) is 24.5 Å². The molecule has 3 unspecified atom stereocenters. The summed E-state index contributed by atoms with van der Waals surface area (Å²) in [5, 5.41) is 10.1. The molecule has 0 spiro atoms. The van der Waals surface area contributed by atoms with Crippen LogP contribution in [0.25, 0.3) is 0 Å². The van der Waals surface area contributed by atoms with E-state index in [1.54, 1.807) is 0 Å².